The fraction of sp³-hybridized carbons (Fsp3) is 0.385. The molecule has 1 aliphatic rings. The van der Waals surface area contributed by atoms with Crippen molar-refractivity contribution in [1.82, 2.24) is 0 Å². The fourth-order valence-corrected chi connectivity index (χ4v) is 1.88. The summed E-state index contributed by atoms with van der Waals surface area (Å²) in [5, 5.41) is 0. The zero-order chi connectivity index (χ0) is 11.5. The second-order valence-electron chi connectivity index (χ2n) is 4.03. The van der Waals surface area contributed by atoms with Gasteiger partial charge in [0.15, 0.2) is 5.78 Å². The maximum atomic E-state index is 12.1. The minimum atomic E-state index is -0.441. The Labute approximate surface area is 94.4 Å². The number of esters is 1. The normalized spacial score (nSPS) is 15.3. The van der Waals surface area contributed by atoms with Gasteiger partial charge >= 0.3 is 5.97 Å². The second-order valence-corrected chi connectivity index (χ2v) is 4.03. The largest absolute Gasteiger partial charge is 0.465 e. The third-order valence-electron chi connectivity index (χ3n) is 3.07. The van der Waals surface area contributed by atoms with Crippen molar-refractivity contribution >= 4 is 11.8 Å². The number of carbonyl (C=O) groups is 2. The summed E-state index contributed by atoms with van der Waals surface area (Å²) in [7, 11) is 1.33. The van der Waals surface area contributed by atoms with E-state index in [0.29, 0.717) is 11.1 Å². The van der Waals surface area contributed by atoms with Crippen LogP contribution in [0.3, 0.4) is 0 Å². The quantitative estimate of drug-likeness (QED) is 0.578. The zero-order valence-electron chi connectivity index (χ0n) is 9.23. The molecule has 1 aromatic rings. The Morgan fingerprint density at radius 1 is 1.19 bits per heavy atom. The molecule has 1 fully saturated rings. The molecule has 16 heavy (non-hydrogen) atoms. The number of hydrogen-bond acceptors (Lipinski definition) is 3. The van der Waals surface area contributed by atoms with Crippen molar-refractivity contribution in [3.05, 3.63) is 35.4 Å². The van der Waals surface area contributed by atoms with E-state index in [9.17, 15) is 9.59 Å². The first-order chi connectivity index (χ1) is 7.74. The molecular formula is C13H14O3. The fourth-order valence-electron chi connectivity index (χ4n) is 1.88. The molecular weight excluding hydrogens is 204 g/mol. The van der Waals surface area contributed by atoms with E-state index in [2.05, 4.69) is 4.74 Å². The van der Waals surface area contributed by atoms with Gasteiger partial charge in [0.1, 0.15) is 0 Å². The first-order valence-corrected chi connectivity index (χ1v) is 5.45. The van der Waals surface area contributed by atoms with Crippen LogP contribution in [0.25, 0.3) is 0 Å². The Bertz CT molecular complexity index is 419. The topological polar surface area (TPSA) is 43.4 Å². The maximum Gasteiger partial charge on any atom is 0.338 e. The summed E-state index contributed by atoms with van der Waals surface area (Å²) < 4.78 is 4.67. The maximum absolute atomic E-state index is 12.1. The van der Waals surface area contributed by atoms with Crippen LogP contribution in [0.5, 0.6) is 0 Å². The molecule has 3 heteroatoms. The molecule has 1 aromatic carbocycles. The van der Waals surface area contributed by atoms with Crippen LogP contribution in [-0.2, 0) is 4.74 Å². The smallest absolute Gasteiger partial charge is 0.338 e. The molecule has 0 N–H and O–H groups in total. The third-order valence-corrected chi connectivity index (χ3v) is 3.07. The summed E-state index contributed by atoms with van der Waals surface area (Å²) in [5.41, 5.74) is 0.876. The molecule has 0 bridgehead atoms. The van der Waals surface area contributed by atoms with Gasteiger partial charge in [0, 0.05) is 11.5 Å². The molecule has 0 aliphatic heterocycles. The van der Waals surface area contributed by atoms with Gasteiger partial charge in [-0.15, -0.1) is 0 Å². The molecule has 3 nitrogen and oxygen atoms in total. The molecule has 0 spiro atoms. The molecule has 0 radical (unpaired) electrons. The number of benzene rings is 1. The van der Waals surface area contributed by atoms with Crippen LogP contribution in [0, 0.1) is 5.92 Å². The zero-order valence-corrected chi connectivity index (χ0v) is 9.23. The number of rotatable bonds is 3. The lowest BCUT2D eigenvalue weighted by atomic mass is 9.79. The molecule has 1 aliphatic carbocycles. The van der Waals surface area contributed by atoms with Gasteiger partial charge in [-0.25, -0.2) is 4.79 Å². The lowest BCUT2D eigenvalue weighted by Gasteiger charge is -2.24. The lowest BCUT2D eigenvalue weighted by molar-refractivity contribution is 0.0594. The molecule has 0 atom stereocenters. The van der Waals surface area contributed by atoms with E-state index in [1.54, 1.807) is 24.3 Å². The third kappa shape index (κ3) is 1.85. The van der Waals surface area contributed by atoms with Crippen molar-refractivity contribution < 1.29 is 14.3 Å². The van der Waals surface area contributed by atoms with Crippen LogP contribution < -0.4 is 0 Å². The molecule has 84 valence electrons. The molecule has 0 heterocycles. The van der Waals surface area contributed by atoms with E-state index < -0.39 is 5.97 Å². The van der Waals surface area contributed by atoms with Gasteiger partial charge in [-0.2, -0.15) is 0 Å². The minimum Gasteiger partial charge on any atom is -0.465 e. The molecule has 2 rings (SSSR count). The summed E-state index contributed by atoms with van der Waals surface area (Å²) in [6.07, 6.45) is 2.99. The van der Waals surface area contributed by atoms with Crippen LogP contribution in [0.15, 0.2) is 24.3 Å². The van der Waals surface area contributed by atoms with E-state index in [-0.39, 0.29) is 11.7 Å². The number of ether oxygens (including phenoxy) is 1. The molecule has 1 saturated carbocycles. The monoisotopic (exact) mass is 218 g/mol. The number of hydrogen-bond donors (Lipinski definition) is 0. The van der Waals surface area contributed by atoms with Crippen LogP contribution in [0.1, 0.15) is 40.0 Å². The van der Waals surface area contributed by atoms with E-state index in [0.717, 1.165) is 19.3 Å². The number of carbonyl (C=O) groups excluding carboxylic acids is 2. The molecule has 0 unspecified atom stereocenters. The van der Waals surface area contributed by atoms with Crippen molar-refractivity contribution in [3.8, 4) is 0 Å². The highest BCUT2D eigenvalue weighted by atomic mass is 16.5. The average Bonchev–Trinajstić information content (AvgIpc) is 2.25. The highest BCUT2D eigenvalue weighted by Crippen LogP contribution is 2.30. The summed E-state index contributed by atoms with van der Waals surface area (Å²) >= 11 is 0. The molecule has 0 saturated heterocycles. The second kappa shape index (κ2) is 4.47. The predicted octanol–water partition coefficient (Wildman–Crippen LogP) is 2.46. The summed E-state index contributed by atoms with van der Waals surface area (Å²) in [6, 6.07) is 6.85. The predicted molar refractivity (Wildman–Crippen MR) is 59.5 cm³/mol. The van der Waals surface area contributed by atoms with E-state index in [1.165, 1.54) is 7.11 Å². The van der Waals surface area contributed by atoms with Crippen molar-refractivity contribution in [3.63, 3.8) is 0 Å². The van der Waals surface area contributed by atoms with E-state index in [1.807, 2.05) is 0 Å². The van der Waals surface area contributed by atoms with E-state index >= 15 is 0 Å². The van der Waals surface area contributed by atoms with Crippen molar-refractivity contribution in [2.45, 2.75) is 19.3 Å². The van der Waals surface area contributed by atoms with Crippen molar-refractivity contribution in [2.75, 3.05) is 7.11 Å². The van der Waals surface area contributed by atoms with Crippen LogP contribution >= 0.6 is 0 Å². The number of ketones is 1. The van der Waals surface area contributed by atoms with Crippen LogP contribution in [-0.4, -0.2) is 18.9 Å². The standard InChI is InChI=1S/C13H14O3/c1-16-13(15)11-8-3-2-7-10(11)12(14)9-5-4-6-9/h2-3,7-9H,4-6H2,1H3. The van der Waals surface area contributed by atoms with Crippen molar-refractivity contribution in [2.24, 2.45) is 5.92 Å². The minimum absolute atomic E-state index is 0.0762. The van der Waals surface area contributed by atoms with Gasteiger partial charge in [-0.05, 0) is 18.9 Å². The van der Waals surface area contributed by atoms with Gasteiger partial charge in [-0.1, -0.05) is 24.6 Å². The van der Waals surface area contributed by atoms with Gasteiger partial charge in [0.05, 0.1) is 12.7 Å². The first-order valence-electron chi connectivity index (χ1n) is 5.45. The Kier molecular flexibility index (Phi) is 3.04. The van der Waals surface area contributed by atoms with Gasteiger partial charge in [0.2, 0.25) is 0 Å². The van der Waals surface area contributed by atoms with Gasteiger partial charge in [-0.3, -0.25) is 4.79 Å². The van der Waals surface area contributed by atoms with E-state index in [4.69, 9.17) is 0 Å². The number of Topliss-reactive ketones (excluding diaryl/α,β-unsaturated/α-hetero) is 1. The molecule has 0 aromatic heterocycles. The SMILES string of the molecule is COC(=O)c1ccccc1C(=O)C1CCC1. The first kappa shape index (κ1) is 10.9. The average molecular weight is 218 g/mol. The Balaban J connectivity index is 2.31. The summed E-state index contributed by atoms with van der Waals surface area (Å²) in [6.45, 7) is 0. The Morgan fingerprint density at radius 3 is 2.31 bits per heavy atom. The summed E-state index contributed by atoms with van der Waals surface area (Å²) in [5.74, 6) is -0.263. The van der Waals surface area contributed by atoms with Crippen LogP contribution in [0.4, 0.5) is 0 Å². The van der Waals surface area contributed by atoms with Gasteiger partial charge in [0.25, 0.3) is 0 Å². The Hall–Kier alpha value is -1.64. The van der Waals surface area contributed by atoms with Gasteiger partial charge < -0.3 is 4.74 Å². The number of methoxy groups -OCH3 is 1. The summed E-state index contributed by atoms with van der Waals surface area (Å²) in [4.78, 5) is 23.6. The highest BCUT2D eigenvalue weighted by molar-refractivity contribution is 6.07. The Morgan fingerprint density at radius 2 is 1.81 bits per heavy atom. The lowest BCUT2D eigenvalue weighted by Crippen LogP contribution is -2.24. The highest BCUT2D eigenvalue weighted by Gasteiger charge is 2.28. The van der Waals surface area contributed by atoms with Crippen LogP contribution in [0.2, 0.25) is 0 Å². The van der Waals surface area contributed by atoms with Crippen molar-refractivity contribution in [1.29, 1.82) is 0 Å². The molecule has 0 amide bonds.